The molecule has 0 saturated carbocycles. The first-order valence-electron chi connectivity index (χ1n) is 9.03. The maximum atomic E-state index is 15.4. The lowest BCUT2D eigenvalue weighted by molar-refractivity contribution is 0.0695. The Labute approximate surface area is 154 Å². The Morgan fingerprint density at radius 2 is 1.85 bits per heavy atom. The average Bonchev–Trinajstić information content (AvgIpc) is 3.12. The predicted molar refractivity (Wildman–Crippen MR) is 97.4 cm³/mol. The van der Waals surface area contributed by atoms with Crippen LogP contribution in [0.5, 0.6) is 0 Å². The smallest absolute Gasteiger partial charge is 0.341 e. The van der Waals surface area contributed by atoms with Crippen LogP contribution < -0.4 is 10.3 Å². The van der Waals surface area contributed by atoms with Crippen LogP contribution >= 0.6 is 0 Å². The molecule has 0 radical (unpaired) electrons. The summed E-state index contributed by atoms with van der Waals surface area (Å²) in [6.07, 6.45) is 1.13. The molecule has 1 N–H and O–H groups in total. The number of carboxylic acids is 1. The van der Waals surface area contributed by atoms with Gasteiger partial charge < -0.3 is 19.5 Å². The highest BCUT2D eigenvalue weighted by atomic mass is 19.1. The third-order valence-electron chi connectivity index (χ3n) is 5.79. The van der Waals surface area contributed by atoms with Gasteiger partial charge in [0.15, 0.2) is 5.82 Å². The van der Waals surface area contributed by atoms with E-state index in [1.807, 2.05) is 7.05 Å². The largest absolute Gasteiger partial charge is 0.477 e. The van der Waals surface area contributed by atoms with Crippen molar-refractivity contribution >= 4 is 22.6 Å². The molecule has 2 atom stereocenters. The molecule has 8 heteroatoms. The van der Waals surface area contributed by atoms with Crippen molar-refractivity contribution in [2.24, 2.45) is 11.8 Å². The van der Waals surface area contributed by atoms with E-state index in [4.69, 9.17) is 0 Å². The number of hydrogen-bond donors (Lipinski definition) is 1. The number of likely N-dealkylation sites (tertiary alicyclic amines) is 1. The summed E-state index contributed by atoms with van der Waals surface area (Å²) in [4.78, 5) is 27.7. The van der Waals surface area contributed by atoms with E-state index in [0.29, 0.717) is 24.9 Å². The van der Waals surface area contributed by atoms with E-state index in [1.54, 1.807) is 11.8 Å². The fourth-order valence-electron chi connectivity index (χ4n) is 4.58. The zero-order chi connectivity index (χ0) is 19.5. The lowest BCUT2D eigenvalue weighted by Crippen LogP contribution is -2.28. The number of hydrogen-bond acceptors (Lipinski definition) is 4. The molecule has 144 valence electrons. The molecule has 4 rings (SSSR count). The van der Waals surface area contributed by atoms with Gasteiger partial charge in [0.1, 0.15) is 17.1 Å². The molecule has 6 nitrogen and oxygen atoms in total. The molecule has 2 saturated heterocycles. The molecule has 0 bridgehead atoms. The average molecular weight is 377 g/mol. The monoisotopic (exact) mass is 377 g/mol. The van der Waals surface area contributed by atoms with E-state index in [9.17, 15) is 19.1 Å². The SMILES string of the molecule is CCn1cc(C(=O)O)c(=O)c2cc(F)c(N3CC4CN(C)CC4C3)c(F)c21. The summed E-state index contributed by atoms with van der Waals surface area (Å²) in [5, 5.41) is 8.97. The molecule has 0 amide bonds. The lowest BCUT2D eigenvalue weighted by atomic mass is 10.0. The molecule has 0 aliphatic carbocycles. The number of fused-ring (bicyclic) bond motifs is 2. The second kappa shape index (κ2) is 6.30. The molecule has 2 aromatic rings. The summed E-state index contributed by atoms with van der Waals surface area (Å²) in [5.41, 5.74) is -1.52. The van der Waals surface area contributed by atoms with Gasteiger partial charge in [-0.3, -0.25) is 4.79 Å². The van der Waals surface area contributed by atoms with Gasteiger partial charge >= 0.3 is 5.97 Å². The van der Waals surface area contributed by atoms with Gasteiger partial charge in [-0.25, -0.2) is 13.6 Å². The number of benzene rings is 1. The number of anilines is 1. The fraction of sp³-hybridized carbons (Fsp3) is 0.474. The maximum absolute atomic E-state index is 15.4. The minimum Gasteiger partial charge on any atom is -0.477 e. The van der Waals surface area contributed by atoms with E-state index in [0.717, 1.165) is 25.4 Å². The Bertz CT molecular complexity index is 990. The van der Waals surface area contributed by atoms with Crippen LogP contribution in [0.25, 0.3) is 10.9 Å². The third kappa shape index (κ3) is 2.70. The first-order chi connectivity index (χ1) is 12.8. The quantitative estimate of drug-likeness (QED) is 0.886. The molecule has 2 unspecified atom stereocenters. The van der Waals surface area contributed by atoms with E-state index >= 15 is 4.39 Å². The Hall–Kier alpha value is -2.48. The Morgan fingerprint density at radius 1 is 1.22 bits per heavy atom. The number of pyridine rings is 1. The zero-order valence-electron chi connectivity index (χ0n) is 15.2. The second-order valence-corrected chi connectivity index (χ2v) is 7.53. The van der Waals surface area contributed by atoms with Crippen LogP contribution in [0.2, 0.25) is 0 Å². The Kier molecular flexibility index (Phi) is 4.18. The molecular formula is C19H21F2N3O3. The molecule has 0 spiro atoms. The summed E-state index contributed by atoms with van der Waals surface area (Å²) in [7, 11) is 2.04. The van der Waals surface area contributed by atoms with Gasteiger partial charge in [-0.05, 0) is 31.9 Å². The van der Waals surface area contributed by atoms with Gasteiger partial charge in [0, 0.05) is 38.9 Å². The first kappa shape index (κ1) is 17.9. The fourth-order valence-corrected chi connectivity index (χ4v) is 4.58. The normalized spacial score (nSPS) is 22.6. The number of aromatic nitrogens is 1. The van der Waals surface area contributed by atoms with Gasteiger partial charge in [-0.1, -0.05) is 0 Å². The van der Waals surface area contributed by atoms with E-state index in [1.165, 1.54) is 4.57 Å². The predicted octanol–water partition coefficient (Wildman–Crippen LogP) is 2.00. The minimum absolute atomic E-state index is 0.0434. The second-order valence-electron chi connectivity index (χ2n) is 7.53. The summed E-state index contributed by atoms with van der Waals surface area (Å²) in [6.45, 7) is 4.91. The van der Waals surface area contributed by atoms with Crippen LogP contribution in [-0.4, -0.2) is 53.8 Å². The standard InChI is InChI=1S/C19H21F2N3O3/c1-3-23-9-13(19(26)27)18(25)12-4-14(20)17(15(21)16(12)23)24-7-10-5-22(2)6-11(10)8-24/h4,9-11H,3,5-8H2,1-2H3,(H,26,27). The van der Waals surface area contributed by atoms with Gasteiger partial charge in [0.2, 0.25) is 5.43 Å². The van der Waals surface area contributed by atoms with Crippen molar-refractivity contribution in [2.75, 3.05) is 38.1 Å². The Balaban J connectivity index is 1.88. The number of rotatable bonds is 3. The highest BCUT2D eigenvalue weighted by molar-refractivity contribution is 5.93. The molecule has 2 aliphatic rings. The van der Waals surface area contributed by atoms with Crippen LogP contribution in [-0.2, 0) is 6.54 Å². The van der Waals surface area contributed by atoms with Crippen LogP contribution in [0, 0.1) is 23.5 Å². The first-order valence-corrected chi connectivity index (χ1v) is 9.03. The van der Waals surface area contributed by atoms with Crippen LogP contribution in [0.15, 0.2) is 17.1 Å². The summed E-state index contributed by atoms with van der Waals surface area (Å²) in [6, 6.07) is 0.981. The van der Waals surface area contributed by atoms with Crippen LogP contribution in [0.4, 0.5) is 14.5 Å². The topological polar surface area (TPSA) is 65.8 Å². The highest BCUT2D eigenvalue weighted by Crippen LogP contribution is 2.37. The van der Waals surface area contributed by atoms with Gasteiger partial charge in [0.25, 0.3) is 0 Å². The van der Waals surface area contributed by atoms with Crippen molar-refractivity contribution in [3.8, 4) is 0 Å². The summed E-state index contributed by atoms with van der Waals surface area (Å²) < 4.78 is 31.6. The molecule has 1 aromatic carbocycles. The number of nitrogens with zero attached hydrogens (tertiary/aromatic N) is 3. The summed E-state index contributed by atoms with van der Waals surface area (Å²) in [5.74, 6) is -2.30. The lowest BCUT2D eigenvalue weighted by Gasteiger charge is -2.24. The van der Waals surface area contributed by atoms with Crippen molar-refractivity contribution in [3.63, 3.8) is 0 Å². The molecule has 2 fully saturated rings. The van der Waals surface area contributed by atoms with E-state index in [-0.39, 0.29) is 23.1 Å². The van der Waals surface area contributed by atoms with E-state index in [2.05, 4.69) is 4.90 Å². The van der Waals surface area contributed by atoms with Gasteiger partial charge in [-0.15, -0.1) is 0 Å². The number of carboxylic acid groups (broad SMARTS) is 1. The van der Waals surface area contributed by atoms with Crippen molar-refractivity contribution < 1.29 is 18.7 Å². The van der Waals surface area contributed by atoms with Crippen LogP contribution in [0.3, 0.4) is 0 Å². The van der Waals surface area contributed by atoms with Gasteiger partial charge in [0.05, 0.1) is 10.9 Å². The van der Waals surface area contributed by atoms with Crippen molar-refractivity contribution in [1.29, 1.82) is 0 Å². The number of carbonyl (C=O) groups is 1. The molecule has 27 heavy (non-hydrogen) atoms. The molecule has 1 aromatic heterocycles. The third-order valence-corrected chi connectivity index (χ3v) is 5.79. The molecule has 3 heterocycles. The maximum Gasteiger partial charge on any atom is 0.341 e. The van der Waals surface area contributed by atoms with Crippen molar-refractivity contribution in [2.45, 2.75) is 13.5 Å². The van der Waals surface area contributed by atoms with Crippen molar-refractivity contribution in [3.05, 3.63) is 39.7 Å². The van der Waals surface area contributed by atoms with Crippen LogP contribution in [0.1, 0.15) is 17.3 Å². The molecular weight excluding hydrogens is 356 g/mol. The number of aromatic carboxylic acids is 1. The Morgan fingerprint density at radius 3 is 2.41 bits per heavy atom. The van der Waals surface area contributed by atoms with Gasteiger partial charge in [-0.2, -0.15) is 0 Å². The van der Waals surface area contributed by atoms with Crippen molar-refractivity contribution in [1.82, 2.24) is 9.47 Å². The number of halogens is 2. The summed E-state index contributed by atoms with van der Waals surface area (Å²) >= 11 is 0. The zero-order valence-corrected chi connectivity index (χ0v) is 15.2. The number of aryl methyl sites for hydroxylation is 1. The van der Waals surface area contributed by atoms with E-state index < -0.39 is 28.6 Å². The minimum atomic E-state index is -1.41. The highest BCUT2D eigenvalue weighted by Gasteiger charge is 2.40. The molecule has 2 aliphatic heterocycles.